The van der Waals surface area contributed by atoms with E-state index in [9.17, 15) is 13.2 Å². The number of hydrogen-bond donors (Lipinski definition) is 1. The molecule has 0 aliphatic heterocycles. The van der Waals surface area contributed by atoms with Crippen molar-refractivity contribution in [3.63, 3.8) is 0 Å². The van der Waals surface area contributed by atoms with Gasteiger partial charge in [-0.05, 0) is 41.9 Å². The largest absolute Gasteiger partial charge is 0.573 e. The van der Waals surface area contributed by atoms with Crippen LogP contribution in [0.5, 0.6) is 5.75 Å². The first-order chi connectivity index (χ1) is 9.89. The highest BCUT2D eigenvalue weighted by molar-refractivity contribution is 6.31. The van der Waals surface area contributed by atoms with Crippen LogP contribution in [0.3, 0.4) is 0 Å². The average Bonchev–Trinajstić information content (AvgIpc) is 2.40. The van der Waals surface area contributed by atoms with E-state index in [2.05, 4.69) is 10.1 Å². The van der Waals surface area contributed by atoms with E-state index in [1.54, 1.807) is 18.2 Å². The number of benzene rings is 2. The summed E-state index contributed by atoms with van der Waals surface area (Å²) in [6.07, 6.45) is -4.68. The van der Waals surface area contributed by atoms with E-state index < -0.39 is 6.36 Å². The molecule has 2 rings (SSSR count). The molecule has 0 bridgehead atoms. The summed E-state index contributed by atoms with van der Waals surface area (Å²) in [5.41, 5.74) is 2.56. The third-order valence-electron chi connectivity index (χ3n) is 2.84. The maximum atomic E-state index is 12.1. The van der Waals surface area contributed by atoms with Crippen molar-refractivity contribution in [1.82, 2.24) is 5.32 Å². The van der Waals surface area contributed by atoms with Gasteiger partial charge in [0.1, 0.15) is 5.75 Å². The summed E-state index contributed by atoms with van der Waals surface area (Å²) in [5.74, 6) is -0.246. The second-order valence-corrected chi connectivity index (χ2v) is 4.82. The van der Waals surface area contributed by atoms with Crippen LogP contribution in [0.25, 0.3) is 11.1 Å². The van der Waals surface area contributed by atoms with Gasteiger partial charge in [0.05, 0.1) is 0 Å². The van der Waals surface area contributed by atoms with Crippen LogP contribution in [0.4, 0.5) is 13.2 Å². The van der Waals surface area contributed by atoms with Crippen LogP contribution < -0.4 is 10.1 Å². The smallest absolute Gasteiger partial charge is 0.406 e. The molecule has 6 heteroatoms. The van der Waals surface area contributed by atoms with Gasteiger partial charge in [-0.25, -0.2) is 0 Å². The molecule has 0 radical (unpaired) electrons. The third-order valence-corrected chi connectivity index (χ3v) is 3.19. The molecule has 0 saturated carbocycles. The van der Waals surface area contributed by atoms with E-state index in [-0.39, 0.29) is 5.75 Å². The van der Waals surface area contributed by atoms with Gasteiger partial charge in [-0.2, -0.15) is 0 Å². The lowest BCUT2D eigenvalue weighted by Crippen LogP contribution is -2.16. The monoisotopic (exact) mass is 315 g/mol. The molecule has 2 nitrogen and oxygen atoms in total. The van der Waals surface area contributed by atoms with Crippen molar-refractivity contribution < 1.29 is 17.9 Å². The van der Waals surface area contributed by atoms with Crippen molar-refractivity contribution in [3.05, 3.63) is 53.1 Å². The molecule has 0 amide bonds. The minimum atomic E-state index is -4.68. The highest BCUT2D eigenvalue weighted by Crippen LogP contribution is 2.29. The molecule has 0 saturated heterocycles. The predicted octanol–water partition coefficient (Wildman–Crippen LogP) is 4.63. The summed E-state index contributed by atoms with van der Waals surface area (Å²) < 4.78 is 40.1. The Morgan fingerprint density at radius 1 is 1.05 bits per heavy atom. The molecule has 0 unspecified atom stereocenters. The minimum Gasteiger partial charge on any atom is -0.406 e. The molecule has 0 aromatic heterocycles. The molecular weight excluding hydrogens is 303 g/mol. The van der Waals surface area contributed by atoms with Crippen LogP contribution in [0.15, 0.2) is 42.5 Å². The van der Waals surface area contributed by atoms with Crippen molar-refractivity contribution in [2.24, 2.45) is 0 Å². The molecule has 0 fully saturated rings. The topological polar surface area (TPSA) is 21.3 Å². The maximum Gasteiger partial charge on any atom is 0.573 e. The summed E-state index contributed by atoms with van der Waals surface area (Å²) in [4.78, 5) is 0. The van der Waals surface area contributed by atoms with Gasteiger partial charge in [0.25, 0.3) is 0 Å². The normalized spacial score (nSPS) is 11.5. The van der Waals surface area contributed by atoms with Crippen molar-refractivity contribution in [2.75, 3.05) is 7.05 Å². The molecule has 21 heavy (non-hydrogen) atoms. The summed E-state index contributed by atoms with van der Waals surface area (Å²) in [6.45, 7) is 0.650. The Labute approximate surface area is 125 Å². The second-order valence-electron chi connectivity index (χ2n) is 4.41. The zero-order valence-corrected chi connectivity index (χ0v) is 11.9. The molecule has 0 aliphatic rings. The first-order valence-corrected chi connectivity index (χ1v) is 6.56. The second kappa shape index (κ2) is 6.37. The minimum absolute atomic E-state index is 0.246. The van der Waals surface area contributed by atoms with E-state index in [1.165, 1.54) is 12.1 Å². The van der Waals surface area contributed by atoms with Crippen molar-refractivity contribution >= 4 is 11.6 Å². The van der Waals surface area contributed by atoms with Crippen molar-refractivity contribution in [2.45, 2.75) is 12.9 Å². The molecule has 2 aromatic carbocycles. The van der Waals surface area contributed by atoms with Gasteiger partial charge in [0, 0.05) is 11.6 Å². The first-order valence-electron chi connectivity index (χ1n) is 6.18. The summed E-state index contributed by atoms with van der Waals surface area (Å²) >= 11 is 6.16. The molecule has 112 valence electrons. The van der Waals surface area contributed by atoms with E-state index in [4.69, 9.17) is 11.6 Å². The fraction of sp³-hybridized carbons (Fsp3) is 0.200. The van der Waals surface area contributed by atoms with Crippen LogP contribution in [0, 0.1) is 0 Å². The van der Waals surface area contributed by atoms with E-state index >= 15 is 0 Å². The van der Waals surface area contributed by atoms with Gasteiger partial charge in [-0.15, -0.1) is 13.2 Å². The molecule has 0 heterocycles. The van der Waals surface area contributed by atoms with Gasteiger partial charge < -0.3 is 10.1 Å². The summed E-state index contributed by atoms with van der Waals surface area (Å²) in [6, 6.07) is 11.2. The van der Waals surface area contributed by atoms with Gasteiger partial charge in [0.15, 0.2) is 0 Å². The predicted molar refractivity (Wildman–Crippen MR) is 76.3 cm³/mol. The van der Waals surface area contributed by atoms with Crippen molar-refractivity contribution in [1.29, 1.82) is 0 Å². The number of nitrogens with one attached hydrogen (secondary N) is 1. The molecular formula is C15H13ClF3NO. The van der Waals surface area contributed by atoms with Gasteiger partial charge >= 0.3 is 6.36 Å². The van der Waals surface area contributed by atoms with E-state index in [1.807, 2.05) is 19.2 Å². The van der Waals surface area contributed by atoms with E-state index in [0.29, 0.717) is 11.6 Å². The fourth-order valence-electron chi connectivity index (χ4n) is 1.91. The number of hydrogen-bond acceptors (Lipinski definition) is 2. The highest BCUT2D eigenvalue weighted by Gasteiger charge is 2.30. The molecule has 2 aromatic rings. The Hall–Kier alpha value is -1.72. The SMILES string of the molecule is CNCc1ccc(-c2ccc(OC(F)(F)F)cc2)cc1Cl. The van der Waals surface area contributed by atoms with Gasteiger partial charge in [-0.1, -0.05) is 35.9 Å². The lowest BCUT2D eigenvalue weighted by molar-refractivity contribution is -0.274. The van der Waals surface area contributed by atoms with Crippen LogP contribution in [-0.4, -0.2) is 13.4 Å². The van der Waals surface area contributed by atoms with Gasteiger partial charge in [-0.3, -0.25) is 0 Å². The van der Waals surface area contributed by atoms with Crippen LogP contribution in [0.1, 0.15) is 5.56 Å². The fourth-order valence-corrected chi connectivity index (χ4v) is 2.16. The Kier molecular flexibility index (Phi) is 4.75. The van der Waals surface area contributed by atoms with Crippen LogP contribution in [-0.2, 0) is 6.54 Å². The Morgan fingerprint density at radius 3 is 2.19 bits per heavy atom. The summed E-state index contributed by atoms with van der Waals surface area (Å²) in [5, 5.41) is 3.61. The standard InChI is InChI=1S/C15H13ClF3NO/c1-20-9-12-3-2-11(8-14(12)16)10-4-6-13(7-5-10)21-15(17,18)19/h2-8,20H,9H2,1H3. The van der Waals surface area contributed by atoms with Gasteiger partial charge in [0.2, 0.25) is 0 Å². The highest BCUT2D eigenvalue weighted by atomic mass is 35.5. The first kappa shape index (κ1) is 15.7. The lowest BCUT2D eigenvalue weighted by atomic mass is 10.0. The van der Waals surface area contributed by atoms with Crippen molar-refractivity contribution in [3.8, 4) is 16.9 Å². The molecule has 0 aliphatic carbocycles. The Balaban J connectivity index is 2.21. The Morgan fingerprint density at radius 2 is 1.67 bits per heavy atom. The maximum absolute atomic E-state index is 12.1. The number of alkyl halides is 3. The lowest BCUT2D eigenvalue weighted by Gasteiger charge is -2.10. The number of rotatable bonds is 4. The van der Waals surface area contributed by atoms with Crippen LogP contribution in [0.2, 0.25) is 5.02 Å². The van der Waals surface area contributed by atoms with E-state index in [0.717, 1.165) is 16.7 Å². The molecule has 1 N–H and O–H groups in total. The van der Waals surface area contributed by atoms with Crippen LogP contribution >= 0.6 is 11.6 Å². The zero-order valence-electron chi connectivity index (χ0n) is 11.2. The third kappa shape index (κ3) is 4.37. The molecule has 0 atom stereocenters. The zero-order chi connectivity index (χ0) is 15.5. The Bertz CT molecular complexity index is 611. The molecule has 0 spiro atoms. The quantitative estimate of drug-likeness (QED) is 0.888. The average molecular weight is 316 g/mol. The number of ether oxygens (including phenoxy) is 1. The summed E-state index contributed by atoms with van der Waals surface area (Å²) in [7, 11) is 1.82. The number of halogens is 4.